The number of imide groups is 1. The zero-order valence-corrected chi connectivity index (χ0v) is 16.4. The van der Waals surface area contributed by atoms with Crippen molar-refractivity contribution in [2.45, 2.75) is 22.6 Å². The van der Waals surface area contributed by atoms with Gasteiger partial charge in [0.2, 0.25) is 22.7 Å². The molecule has 2 aromatic rings. The Hall–Kier alpha value is -2.85. The van der Waals surface area contributed by atoms with E-state index >= 15 is 0 Å². The third-order valence-corrected chi connectivity index (χ3v) is 5.52. The van der Waals surface area contributed by atoms with Crippen molar-refractivity contribution in [1.82, 2.24) is 0 Å². The van der Waals surface area contributed by atoms with Gasteiger partial charge in [-0.3, -0.25) is 14.3 Å². The monoisotopic (exact) mass is 420 g/mol. The van der Waals surface area contributed by atoms with Gasteiger partial charge in [-0.05, 0) is 24.3 Å². The van der Waals surface area contributed by atoms with Gasteiger partial charge in [-0.15, -0.1) is 0 Å². The van der Waals surface area contributed by atoms with E-state index in [-0.39, 0.29) is 29.8 Å². The number of nitrogens with zero attached hydrogens (tertiary/aromatic N) is 1. The highest BCUT2D eigenvalue weighted by Gasteiger charge is 2.34. The molecule has 10 heteroatoms. The van der Waals surface area contributed by atoms with E-state index in [1.165, 1.54) is 31.0 Å². The quantitative estimate of drug-likeness (QED) is 0.419. The molecule has 0 spiro atoms. The lowest BCUT2D eigenvalue weighted by molar-refractivity contribution is -0.121. The number of rotatable bonds is 6. The van der Waals surface area contributed by atoms with Gasteiger partial charge in [0.1, 0.15) is 0 Å². The highest BCUT2D eigenvalue weighted by atomic mass is 32.2. The van der Waals surface area contributed by atoms with Gasteiger partial charge < -0.3 is 4.74 Å². The average molecular weight is 420 g/mol. The van der Waals surface area contributed by atoms with E-state index < -0.39 is 28.7 Å². The summed E-state index contributed by atoms with van der Waals surface area (Å²) in [7, 11) is -1.87. The fraction of sp³-hybridized carbons (Fsp3) is 0.167. The van der Waals surface area contributed by atoms with Crippen LogP contribution in [0.2, 0.25) is 0 Å². The Morgan fingerprint density at radius 3 is 2.32 bits per heavy atom. The number of hydrogen-bond acceptors (Lipinski definition) is 7. The zero-order chi connectivity index (χ0) is 20.3. The minimum atomic E-state index is -3.05. The molecule has 146 valence electrons. The van der Waals surface area contributed by atoms with Crippen LogP contribution in [0, 0.1) is 0 Å². The molecule has 0 saturated carbocycles. The van der Waals surface area contributed by atoms with Crippen molar-refractivity contribution in [1.29, 1.82) is 0 Å². The molecule has 1 saturated heterocycles. The molecule has 1 N–H and O–H groups in total. The van der Waals surface area contributed by atoms with Gasteiger partial charge in [-0.2, -0.15) is 0 Å². The second kappa shape index (κ2) is 8.44. The molecule has 0 aromatic heterocycles. The Kier molecular flexibility index (Phi) is 6.00. The van der Waals surface area contributed by atoms with Crippen molar-refractivity contribution in [3.8, 4) is 0 Å². The van der Waals surface area contributed by atoms with Crippen LogP contribution >= 0.6 is 11.8 Å². The van der Waals surface area contributed by atoms with E-state index in [4.69, 9.17) is 4.74 Å². The van der Waals surface area contributed by atoms with E-state index in [0.29, 0.717) is 4.90 Å². The Labute approximate surface area is 166 Å². The SMILES string of the molecule is COC(=O)c1cc(N[SH](=O)=O)c(Sc2ccccc2)c(N2C(=O)CCC2=O)c1. The smallest absolute Gasteiger partial charge is 0.338 e. The lowest BCUT2D eigenvalue weighted by Gasteiger charge is -2.21. The fourth-order valence-corrected chi connectivity index (χ4v) is 4.21. The van der Waals surface area contributed by atoms with Crippen molar-refractivity contribution in [3.05, 3.63) is 48.0 Å². The third-order valence-electron chi connectivity index (χ3n) is 3.96. The first-order valence-corrected chi connectivity index (χ1v) is 10.2. The number of hydrogen-bond donors (Lipinski definition) is 2. The number of carbonyl (C=O) groups is 3. The molecule has 2 amide bonds. The van der Waals surface area contributed by atoms with E-state index in [0.717, 1.165) is 9.80 Å². The van der Waals surface area contributed by atoms with Gasteiger partial charge in [0.15, 0.2) is 0 Å². The summed E-state index contributed by atoms with van der Waals surface area (Å²) in [5.41, 5.74) is 0.237. The molecule has 8 nitrogen and oxygen atoms in total. The molecule has 0 bridgehead atoms. The van der Waals surface area contributed by atoms with Gasteiger partial charge in [-0.25, -0.2) is 18.1 Å². The zero-order valence-electron chi connectivity index (χ0n) is 14.7. The van der Waals surface area contributed by atoms with Gasteiger partial charge >= 0.3 is 5.97 Å². The molecule has 0 radical (unpaired) electrons. The first-order chi connectivity index (χ1) is 13.4. The third kappa shape index (κ3) is 4.18. The lowest BCUT2D eigenvalue weighted by atomic mass is 10.1. The van der Waals surface area contributed by atoms with Crippen LogP contribution in [0.4, 0.5) is 11.4 Å². The van der Waals surface area contributed by atoms with Gasteiger partial charge in [0, 0.05) is 17.7 Å². The summed E-state index contributed by atoms with van der Waals surface area (Å²) in [5, 5.41) is 0. The number of carbonyl (C=O) groups excluding carboxylic acids is 3. The lowest BCUT2D eigenvalue weighted by Crippen LogP contribution is -2.29. The van der Waals surface area contributed by atoms with Crippen LogP contribution in [0.15, 0.2) is 52.3 Å². The van der Waals surface area contributed by atoms with E-state index in [1.54, 1.807) is 24.3 Å². The molecule has 0 aliphatic carbocycles. The normalized spacial score (nSPS) is 13.9. The second-order valence-corrected chi connectivity index (χ2v) is 7.59. The highest BCUT2D eigenvalue weighted by Crippen LogP contribution is 2.43. The van der Waals surface area contributed by atoms with Gasteiger partial charge in [0.05, 0.1) is 28.9 Å². The van der Waals surface area contributed by atoms with E-state index in [9.17, 15) is 22.8 Å². The Balaban J connectivity index is 2.23. The number of benzene rings is 2. The van der Waals surface area contributed by atoms with Gasteiger partial charge in [-0.1, -0.05) is 30.0 Å². The molecule has 1 aliphatic rings. The molecule has 1 fully saturated rings. The van der Waals surface area contributed by atoms with Crippen LogP contribution in [0.5, 0.6) is 0 Å². The summed E-state index contributed by atoms with van der Waals surface area (Å²) in [4.78, 5) is 38.8. The summed E-state index contributed by atoms with van der Waals surface area (Å²) in [6.07, 6.45) is 0.102. The Bertz CT molecular complexity index is 996. The highest BCUT2D eigenvalue weighted by molar-refractivity contribution is 7.99. The van der Waals surface area contributed by atoms with Crippen LogP contribution in [0.25, 0.3) is 0 Å². The molecule has 0 unspecified atom stereocenters. The topological polar surface area (TPSA) is 110 Å². The second-order valence-electron chi connectivity index (χ2n) is 5.77. The van der Waals surface area contributed by atoms with Crippen molar-refractivity contribution >= 4 is 51.8 Å². The van der Waals surface area contributed by atoms with Crippen LogP contribution in [0.1, 0.15) is 23.2 Å². The number of ether oxygens (including phenoxy) is 1. The van der Waals surface area contributed by atoms with Crippen LogP contribution < -0.4 is 9.62 Å². The molecule has 1 aliphatic heterocycles. The fourth-order valence-electron chi connectivity index (χ4n) is 2.76. The Morgan fingerprint density at radius 2 is 1.75 bits per heavy atom. The van der Waals surface area contributed by atoms with Gasteiger partial charge in [0.25, 0.3) is 0 Å². The predicted molar refractivity (Wildman–Crippen MR) is 104 cm³/mol. The van der Waals surface area contributed by atoms with Crippen LogP contribution in [-0.4, -0.2) is 33.3 Å². The predicted octanol–water partition coefficient (Wildman–Crippen LogP) is 2.22. The Morgan fingerprint density at radius 1 is 1.11 bits per heavy atom. The summed E-state index contributed by atoms with van der Waals surface area (Å²) < 4.78 is 29.7. The number of anilines is 2. The summed E-state index contributed by atoms with van der Waals surface area (Å²) >= 11 is 1.17. The van der Waals surface area contributed by atoms with Crippen molar-refractivity contribution < 1.29 is 27.5 Å². The minimum absolute atomic E-state index is 0.0155. The summed E-state index contributed by atoms with van der Waals surface area (Å²) in [6.45, 7) is 0. The van der Waals surface area contributed by atoms with Crippen LogP contribution in [0.3, 0.4) is 0 Å². The molecule has 3 rings (SSSR count). The number of esters is 1. The number of amides is 2. The van der Waals surface area contributed by atoms with Crippen molar-refractivity contribution in [2.75, 3.05) is 16.7 Å². The largest absolute Gasteiger partial charge is 0.465 e. The number of thiol groups is 1. The minimum Gasteiger partial charge on any atom is -0.465 e. The van der Waals surface area contributed by atoms with Crippen LogP contribution in [-0.2, 0) is 25.2 Å². The molecular formula is C18H16N2O6S2. The van der Waals surface area contributed by atoms with E-state index in [2.05, 4.69) is 4.72 Å². The maximum absolute atomic E-state index is 12.3. The standard InChI is InChI=1S/C18H16N2O6S2/c1-26-18(23)11-9-13(19-28(24)25)17(27-12-5-3-2-4-6-12)14(10-11)20-15(21)7-8-16(20)22/h2-6,9-10,28H,7-8H2,1H3,(H,19,24,25). The van der Waals surface area contributed by atoms with Crippen molar-refractivity contribution in [3.63, 3.8) is 0 Å². The summed E-state index contributed by atoms with van der Waals surface area (Å²) in [6, 6.07) is 11.7. The maximum atomic E-state index is 12.3. The first-order valence-electron chi connectivity index (χ1n) is 8.17. The first kappa shape index (κ1) is 19.9. The summed E-state index contributed by atoms with van der Waals surface area (Å²) in [5.74, 6) is -1.56. The maximum Gasteiger partial charge on any atom is 0.338 e. The molecular weight excluding hydrogens is 404 g/mol. The molecule has 28 heavy (non-hydrogen) atoms. The molecule has 0 atom stereocenters. The van der Waals surface area contributed by atoms with E-state index in [1.807, 2.05) is 6.07 Å². The molecule has 2 aromatic carbocycles. The molecule has 1 heterocycles. The number of nitrogens with one attached hydrogen (secondary N) is 1. The number of methoxy groups -OCH3 is 1. The van der Waals surface area contributed by atoms with Crippen molar-refractivity contribution in [2.24, 2.45) is 0 Å². The average Bonchev–Trinajstić information content (AvgIpc) is 3.01.